The Morgan fingerprint density at radius 1 is 1.41 bits per heavy atom. The van der Waals surface area contributed by atoms with E-state index in [1.807, 2.05) is 16.9 Å². The average Bonchev–Trinajstić information content (AvgIpc) is 2.76. The molecule has 1 N–H and O–H groups in total. The number of halogens is 1. The van der Waals surface area contributed by atoms with Crippen molar-refractivity contribution in [2.45, 2.75) is 19.9 Å². The number of nitrogens with one attached hydrogen (secondary N) is 1. The van der Waals surface area contributed by atoms with Crippen molar-refractivity contribution in [2.75, 3.05) is 6.54 Å². The van der Waals surface area contributed by atoms with E-state index < -0.39 is 0 Å². The van der Waals surface area contributed by atoms with Crippen molar-refractivity contribution in [3.05, 3.63) is 46.7 Å². The Morgan fingerprint density at radius 2 is 2.18 bits per heavy atom. The molecule has 0 aliphatic rings. The van der Waals surface area contributed by atoms with Crippen LogP contribution in [0.15, 0.2) is 41.1 Å². The molecule has 17 heavy (non-hydrogen) atoms. The van der Waals surface area contributed by atoms with Crippen LogP contribution in [0.4, 0.5) is 0 Å². The standard InChI is InChI=1S/C13H16BrN3/c1-3-15-10(2)12-6-4-5-7-13(12)17-9-11(14)8-16-17/h4-10,15H,3H2,1-2H3. The molecule has 1 unspecified atom stereocenters. The average molecular weight is 294 g/mol. The molecule has 2 rings (SSSR count). The maximum Gasteiger partial charge on any atom is 0.0693 e. The predicted octanol–water partition coefficient (Wildman–Crippen LogP) is 3.31. The second kappa shape index (κ2) is 5.47. The monoisotopic (exact) mass is 293 g/mol. The first kappa shape index (κ1) is 12.3. The van der Waals surface area contributed by atoms with Crippen molar-refractivity contribution >= 4 is 15.9 Å². The van der Waals surface area contributed by atoms with Gasteiger partial charge in [0.25, 0.3) is 0 Å². The molecule has 1 aromatic carbocycles. The number of hydrogen-bond acceptors (Lipinski definition) is 2. The highest BCUT2D eigenvalue weighted by Crippen LogP contribution is 2.22. The van der Waals surface area contributed by atoms with E-state index in [9.17, 15) is 0 Å². The van der Waals surface area contributed by atoms with Gasteiger partial charge in [-0.15, -0.1) is 0 Å². The quantitative estimate of drug-likeness (QED) is 0.937. The van der Waals surface area contributed by atoms with Crippen LogP contribution in [0.1, 0.15) is 25.5 Å². The molecule has 0 aliphatic carbocycles. The van der Waals surface area contributed by atoms with Gasteiger partial charge in [0.2, 0.25) is 0 Å². The molecule has 1 atom stereocenters. The van der Waals surface area contributed by atoms with E-state index in [1.54, 1.807) is 6.20 Å². The Morgan fingerprint density at radius 3 is 2.82 bits per heavy atom. The van der Waals surface area contributed by atoms with Gasteiger partial charge in [0.1, 0.15) is 0 Å². The van der Waals surface area contributed by atoms with Crippen LogP contribution in [0.3, 0.4) is 0 Å². The predicted molar refractivity (Wildman–Crippen MR) is 73.4 cm³/mol. The summed E-state index contributed by atoms with van der Waals surface area (Å²) in [5.41, 5.74) is 2.37. The smallest absolute Gasteiger partial charge is 0.0693 e. The number of hydrogen-bond donors (Lipinski definition) is 1. The first-order valence-electron chi connectivity index (χ1n) is 5.75. The van der Waals surface area contributed by atoms with Crippen LogP contribution in [-0.2, 0) is 0 Å². The molecule has 2 aromatic rings. The van der Waals surface area contributed by atoms with Gasteiger partial charge < -0.3 is 5.32 Å². The summed E-state index contributed by atoms with van der Waals surface area (Å²) in [6.07, 6.45) is 3.77. The van der Waals surface area contributed by atoms with Gasteiger partial charge in [-0.1, -0.05) is 25.1 Å². The molecule has 1 aromatic heterocycles. The number of nitrogens with zero attached hydrogens (tertiary/aromatic N) is 2. The minimum absolute atomic E-state index is 0.319. The molecular formula is C13H16BrN3. The van der Waals surface area contributed by atoms with Gasteiger partial charge in [-0.3, -0.25) is 0 Å². The molecule has 0 amide bonds. The lowest BCUT2D eigenvalue weighted by atomic mass is 10.1. The van der Waals surface area contributed by atoms with Crippen molar-refractivity contribution in [3.8, 4) is 5.69 Å². The summed E-state index contributed by atoms with van der Waals surface area (Å²) in [5.74, 6) is 0. The summed E-state index contributed by atoms with van der Waals surface area (Å²) in [6.45, 7) is 5.24. The number of para-hydroxylation sites is 1. The minimum atomic E-state index is 0.319. The largest absolute Gasteiger partial charge is 0.310 e. The fourth-order valence-corrected chi connectivity index (χ4v) is 2.20. The molecule has 0 bridgehead atoms. The number of rotatable bonds is 4. The zero-order valence-corrected chi connectivity index (χ0v) is 11.6. The Balaban J connectivity index is 2.40. The summed E-state index contributed by atoms with van der Waals surface area (Å²) < 4.78 is 2.89. The number of aromatic nitrogens is 2. The van der Waals surface area contributed by atoms with Crippen LogP contribution in [0.2, 0.25) is 0 Å². The van der Waals surface area contributed by atoms with E-state index in [4.69, 9.17) is 0 Å². The lowest BCUT2D eigenvalue weighted by Gasteiger charge is -2.16. The zero-order valence-electron chi connectivity index (χ0n) is 10.0. The third kappa shape index (κ3) is 2.76. The SMILES string of the molecule is CCNC(C)c1ccccc1-n1cc(Br)cn1. The van der Waals surface area contributed by atoms with Crippen LogP contribution in [0.25, 0.3) is 5.69 Å². The molecule has 0 saturated carbocycles. The summed E-state index contributed by atoms with van der Waals surface area (Å²) in [5, 5.41) is 7.76. The van der Waals surface area contributed by atoms with Crippen molar-refractivity contribution in [2.24, 2.45) is 0 Å². The third-order valence-corrected chi connectivity index (χ3v) is 3.12. The highest BCUT2D eigenvalue weighted by Gasteiger charge is 2.10. The lowest BCUT2D eigenvalue weighted by molar-refractivity contribution is 0.593. The molecule has 0 spiro atoms. The number of benzene rings is 1. The van der Waals surface area contributed by atoms with Crippen LogP contribution >= 0.6 is 15.9 Å². The lowest BCUT2D eigenvalue weighted by Crippen LogP contribution is -2.19. The van der Waals surface area contributed by atoms with Crippen LogP contribution in [-0.4, -0.2) is 16.3 Å². The van der Waals surface area contributed by atoms with Gasteiger partial charge in [-0.25, -0.2) is 4.68 Å². The molecule has 4 heteroatoms. The highest BCUT2D eigenvalue weighted by molar-refractivity contribution is 9.10. The van der Waals surface area contributed by atoms with Gasteiger partial charge in [-0.05, 0) is 41.0 Å². The van der Waals surface area contributed by atoms with E-state index in [1.165, 1.54) is 5.56 Å². The van der Waals surface area contributed by atoms with Gasteiger partial charge in [0, 0.05) is 12.2 Å². The van der Waals surface area contributed by atoms with E-state index >= 15 is 0 Å². The first-order chi connectivity index (χ1) is 8.22. The molecule has 0 aliphatic heterocycles. The first-order valence-corrected chi connectivity index (χ1v) is 6.54. The van der Waals surface area contributed by atoms with E-state index in [0.29, 0.717) is 6.04 Å². The molecule has 0 fully saturated rings. The molecule has 90 valence electrons. The van der Waals surface area contributed by atoms with Gasteiger partial charge in [-0.2, -0.15) is 5.10 Å². The maximum atomic E-state index is 4.33. The second-order valence-electron chi connectivity index (χ2n) is 3.94. The summed E-state index contributed by atoms with van der Waals surface area (Å²) >= 11 is 3.42. The third-order valence-electron chi connectivity index (χ3n) is 2.71. The molecular weight excluding hydrogens is 278 g/mol. The summed E-state index contributed by atoms with van der Waals surface area (Å²) in [7, 11) is 0. The molecule has 0 radical (unpaired) electrons. The fraction of sp³-hybridized carbons (Fsp3) is 0.308. The Labute approximate surface area is 110 Å². The van der Waals surface area contributed by atoms with Crippen LogP contribution in [0, 0.1) is 0 Å². The minimum Gasteiger partial charge on any atom is -0.310 e. The van der Waals surface area contributed by atoms with Gasteiger partial charge in [0.05, 0.1) is 16.4 Å². The Hall–Kier alpha value is -1.13. The van der Waals surface area contributed by atoms with E-state index in [0.717, 1.165) is 16.7 Å². The summed E-state index contributed by atoms with van der Waals surface area (Å²) in [4.78, 5) is 0. The topological polar surface area (TPSA) is 29.9 Å². The highest BCUT2D eigenvalue weighted by atomic mass is 79.9. The second-order valence-corrected chi connectivity index (χ2v) is 4.86. The van der Waals surface area contributed by atoms with Crippen molar-refractivity contribution < 1.29 is 0 Å². The van der Waals surface area contributed by atoms with Crippen LogP contribution in [0.5, 0.6) is 0 Å². The van der Waals surface area contributed by atoms with Crippen LogP contribution < -0.4 is 5.32 Å². The normalized spacial score (nSPS) is 12.6. The van der Waals surface area contributed by atoms with Gasteiger partial charge in [0.15, 0.2) is 0 Å². The Bertz CT molecular complexity index is 493. The van der Waals surface area contributed by atoms with E-state index in [-0.39, 0.29) is 0 Å². The maximum absolute atomic E-state index is 4.33. The van der Waals surface area contributed by atoms with Crippen molar-refractivity contribution in [1.82, 2.24) is 15.1 Å². The molecule has 3 nitrogen and oxygen atoms in total. The zero-order chi connectivity index (χ0) is 12.3. The molecule has 1 heterocycles. The van der Waals surface area contributed by atoms with Gasteiger partial charge >= 0.3 is 0 Å². The van der Waals surface area contributed by atoms with Crippen molar-refractivity contribution in [1.29, 1.82) is 0 Å². The van der Waals surface area contributed by atoms with Crippen molar-refractivity contribution in [3.63, 3.8) is 0 Å². The Kier molecular flexibility index (Phi) is 3.97. The summed E-state index contributed by atoms with van der Waals surface area (Å²) in [6, 6.07) is 8.64. The fourth-order valence-electron chi connectivity index (χ4n) is 1.91. The molecule has 0 saturated heterocycles. The van der Waals surface area contributed by atoms with E-state index in [2.05, 4.69) is 58.4 Å².